The standard InChI is InChI=1S/C14H20N4O2S2/c1-12(13-3-8-21-11-13)17-4-6-18(7-5-17)22(19,20)14-9-15-16(2)10-14/h3,8-12H,4-7H2,1-2H3/t12-/m0/s1. The van der Waals surface area contributed by atoms with Crippen molar-refractivity contribution in [2.24, 2.45) is 7.05 Å². The zero-order valence-electron chi connectivity index (χ0n) is 12.7. The number of thiophene rings is 1. The Labute approximate surface area is 135 Å². The van der Waals surface area contributed by atoms with Crippen LogP contribution >= 0.6 is 11.3 Å². The second-order valence-electron chi connectivity index (χ2n) is 5.52. The Balaban J connectivity index is 1.67. The fraction of sp³-hybridized carbons (Fsp3) is 0.500. The summed E-state index contributed by atoms with van der Waals surface area (Å²) in [5, 5.41) is 8.19. The van der Waals surface area contributed by atoms with Crippen LogP contribution in [0.15, 0.2) is 34.1 Å². The zero-order valence-corrected chi connectivity index (χ0v) is 14.3. The van der Waals surface area contributed by atoms with Gasteiger partial charge >= 0.3 is 0 Å². The normalized spacial score (nSPS) is 19.4. The highest BCUT2D eigenvalue weighted by atomic mass is 32.2. The van der Waals surface area contributed by atoms with E-state index in [9.17, 15) is 8.42 Å². The van der Waals surface area contributed by atoms with Crippen LogP contribution in [0.3, 0.4) is 0 Å². The van der Waals surface area contributed by atoms with Crippen LogP contribution in [0.1, 0.15) is 18.5 Å². The molecule has 1 saturated heterocycles. The van der Waals surface area contributed by atoms with E-state index in [-0.39, 0.29) is 4.90 Å². The topological polar surface area (TPSA) is 58.4 Å². The predicted molar refractivity (Wildman–Crippen MR) is 86.3 cm³/mol. The SMILES string of the molecule is C[C@@H](c1ccsc1)N1CCN(S(=O)(=O)c2cnn(C)c2)CC1. The van der Waals surface area contributed by atoms with Crippen LogP contribution in [0.25, 0.3) is 0 Å². The molecule has 1 aliphatic rings. The Hall–Kier alpha value is -1.22. The fourth-order valence-electron chi connectivity index (χ4n) is 2.74. The van der Waals surface area contributed by atoms with Crippen LogP contribution in [0.5, 0.6) is 0 Å². The first-order valence-electron chi connectivity index (χ1n) is 7.23. The molecule has 0 aliphatic carbocycles. The summed E-state index contributed by atoms with van der Waals surface area (Å²) in [6, 6.07) is 2.46. The molecule has 0 bridgehead atoms. The van der Waals surface area contributed by atoms with Crippen molar-refractivity contribution in [2.45, 2.75) is 17.9 Å². The summed E-state index contributed by atoms with van der Waals surface area (Å²) in [6.45, 7) is 4.71. The van der Waals surface area contributed by atoms with E-state index in [0.29, 0.717) is 19.1 Å². The number of piperazine rings is 1. The minimum atomic E-state index is -3.42. The van der Waals surface area contributed by atoms with Gasteiger partial charge in [-0.1, -0.05) is 0 Å². The van der Waals surface area contributed by atoms with Crippen molar-refractivity contribution in [3.05, 3.63) is 34.8 Å². The lowest BCUT2D eigenvalue weighted by Crippen LogP contribution is -2.49. The van der Waals surface area contributed by atoms with Gasteiger partial charge in [-0.05, 0) is 29.3 Å². The smallest absolute Gasteiger partial charge is 0.246 e. The van der Waals surface area contributed by atoms with Crippen molar-refractivity contribution in [2.75, 3.05) is 26.2 Å². The van der Waals surface area contributed by atoms with E-state index in [1.165, 1.54) is 16.4 Å². The van der Waals surface area contributed by atoms with Crippen LogP contribution in [-0.2, 0) is 17.1 Å². The number of rotatable bonds is 4. The molecule has 0 saturated carbocycles. The maximum Gasteiger partial charge on any atom is 0.246 e. The van der Waals surface area contributed by atoms with Crippen molar-refractivity contribution in [3.8, 4) is 0 Å². The van der Waals surface area contributed by atoms with Gasteiger partial charge in [0.2, 0.25) is 10.0 Å². The molecule has 8 heteroatoms. The van der Waals surface area contributed by atoms with Crippen LogP contribution < -0.4 is 0 Å². The molecule has 6 nitrogen and oxygen atoms in total. The summed E-state index contributed by atoms with van der Waals surface area (Å²) >= 11 is 1.69. The molecule has 3 rings (SSSR count). The summed E-state index contributed by atoms with van der Waals surface area (Å²) < 4.78 is 28.2. The highest BCUT2D eigenvalue weighted by molar-refractivity contribution is 7.89. The Kier molecular flexibility index (Phi) is 4.35. The van der Waals surface area contributed by atoms with Gasteiger partial charge in [0, 0.05) is 45.5 Å². The van der Waals surface area contributed by atoms with Gasteiger partial charge < -0.3 is 0 Å². The van der Waals surface area contributed by atoms with Gasteiger partial charge in [0.25, 0.3) is 0 Å². The van der Waals surface area contributed by atoms with E-state index in [2.05, 4.69) is 33.7 Å². The van der Waals surface area contributed by atoms with E-state index in [1.807, 2.05) is 0 Å². The molecule has 0 aromatic carbocycles. The summed E-state index contributed by atoms with van der Waals surface area (Å²) in [6.07, 6.45) is 2.96. The first-order chi connectivity index (χ1) is 10.5. The third-order valence-electron chi connectivity index (χ3n) is 4.17. The maximum atomic E-state index is 12.6. The molecule has 0 N–H and O–H groups in total. The fourth-order valence-corrected chi connectivity index (χ4v) is 4.89. The molecular formula is C14H20N4O2S2. The van der Waals surface area contributed by atoms with Crippen molar-refractivity contribution in [1.29, 1.82) is 0 Å². The van der Waals surface area contributed by atoms with Gasteiger partial charge in [0.15, 0.2) is 0 Å². The van der Waals surface area contributed by atoms with Crippen molar-refractivity contribution in [1.82, 2.24) is 19.0 Å². The van der Waals surface area contributed by atoms with Crippen molar-refractivity contribution < 1.29 is 8.42 Å². The van der Waals surface area contributed by atoms with Crippen LogP contribution in [-0.4, -0.2) is 53.6 Å². The number of hydrogen-bond donors (Lipinski definition) is 0. The van der Waals surface area contributed by atoms with E-state index in [1.54, 1.807) is 28.9 Å². The quantitative estimate of drug-likeness (QED) is 0.847. The summed E-state index contributed by atoms with van der Waals surface area (Å²) in [5.74, 6) is 0. The number of aromatic nitrogens is 2. The highest BCUT2D eigenvalue weighted by Gasteiger charge is 2.31. The molecule has 3 heterocycles. The monoisotopic (exact) mass is 340 g/mol. The maximum absolute atomic E-state index is 12.6. The van der Waals surface area contributed by atoms with Gasteiger partial charge in [0.1, 0.15) is 4.90 Å². The molecule has 1 fully saturated rings. The van der Waals surface area contributed by atoms with Crippen molar-refractivity contribution in [3.63, 3.8) is 0 Å². The second-order valence-corrected chi connectivity index (χ2v) is 8.24. The first kappa shape index (κ1) is 15.7. The number of nitrogens with zero attached hydrogens (tertiary/aromatic N) is 4. The summed E-state index contributed by atoms with van der Waals surface area (Å²) in [7, 11) is -1.70. The molecule has 0 amide bonds. The molecule has 0 unspecified atom stereocenters. The second kappa shape index (κ2) is 6.11. The van der Waals surface area contributed by atoms with E-state index >= 15 is 0 Å². The van der Waals surface area contributed by atoms with Gasteiger partial charge in [-0.2, -0.15) is 20.7 Å². The molecule has 120 valence electrons. The molecule has 2 aromatic heterocycles. The van der Waals surface area contributed by atoms with Gasteiger partial charge in [-0.15, -0.1) is 0 Å². The first-order valence-corrected chi connectivity index (χ1v) is 9.62. The van der Waals surface area contributed by atoms with Gasteiger partial charge in [-0.25, -0.2) is 8.42 Å². The third-order valence-corrected chi connectivity index (χ3v) is 6.72. The largest absolute Gasteiger partial charge is 0.294 e. The Bertz CT molecular complexity index is 716. The molecule has 1 aliphatic heterocycles. The Morgan fingerprint density at radius 3 is 2.55 bits per heavy atom. The average Bonchev–Trinajstić information content (AvgIpc) is 3.18. The van der Waals surface area contributed by atoms with Crippen molar-refractivity contribution >= 4 is 21.4 Å². The van der Waals surface area contributed by atoms with Crippen LogP contribution in [0, 0.1) is 0 Å². The minimum Gasteiger partial charge on any atom is -0.294 e. The lowest BCUT2D eigenvalue weighted by Gasteiger charge is -2.37. The predicted octanol–water partition coefficient (Wildman–Crippen LogP) is 1.55. The molecule has 0 radical (unpaired) electrons. The lowest BCUT2D eigenvalue weighted by atomic mass is 10.1. The number of hydrogen-bond acceptors (Lipinski definition) is 5. The van der Waals surface area contributed by atoms with Crippen LogP contribution in [0.2, 0.25) is 0 Å². The molecule has 0 spiro atoms. The van der Waals surface area contributed by atoms with Crippen LogP contribution in [0.4, 0.5) is 0 Å². The zero-order chi connectivity index (χ0) is 15.7. The number of aryl methyl sites for hydroxylation is 1. The summed E-state index contributed by atoms with van der Waals surface area (Å²) in [4.78, 5) is 2.60. The molecular weight excluding hydrogens is 320 g/mol. The average molecular weight is 340 g/mol. The van der Waals surface area contributed by atoms with Gasteiger partial charge in [-0.3, -0.25) is 9.58 Å². The molecule has 2 aromatic rings. The van der Waals surface area contributed by atoms with E-state index < -0.39 is 10.0 Å². The Morgan fingerprint density at radius 2 is 2.00 bits per heavy atom. The highest BCUT2D eigenvalue weighted by Crippen LogP contribution is 2.25. The molecule has 1 atom stereocenters. The molecule has 22 heavy (non-hydrogen) atoms. The minimum absolute atomic E-state index is 0.273. The Morgan fingerprint density at radius 1 is 1.27 bits per heavy atom. The lowest BCUT2D eigenvalue weighted by molar-refractivity contribution is 0.146. The number of sulfonamides is 1. The summed E-state index contributed by atoms with van der Waals surface area (Å²) in [5.41, 5.74) is 1.30. The van der Waals surface area contributed by atoms with Gasteiger partial charge in [0.05, 0.1) is 6.20 Å². The van der Waals surface area contributed by atoms with E-state index in [4.69, 9.17) is 0 Å². The van der Waals surface area contributed by atoms with E-state index in [0.717, 1.165) is 13.1 Å². The third kappa shape index (κ3) is 2.96.